The molecule has 4 nitrogen and oxygen atoms in total. The molecule has 2 aromatic rings. The summed E-state index contributed by atoms with van der Waals surface area (Å²) in [5.41, 5.74) is 0.432. The summed E-state index contributed by atoms with van der Waals surface area (Å²) in [7, 11) is -3.58. The normalized spacial score (nSPS) is 11.5. The van der Waals surface area contributed by atoms with E-state index in [0.717, 1.165) is 4.88 Å². The minimum atomic E-state index is -3.58. The highest BCUT2D eigenvalue weighted by Gasteiger charge is 2.23. The van der Waals surface area contributed by atoms with Gasteiger partial charge in [-0.2, -0.15) is 9.57 Å². The fourth-order valence-corrected chi connectivity index (χ4v) is 4.44. The van der Waals surface area contributed by atoms with Crippen molar-refractivity contribution in [1.82, 2.24) is 4.31 Å². The summed E-state index contributed by atoms with van der Waals surface area (Å²) < 4.78 is 27.2. The lowest BCUT2D eigenvalue weighted by atomic mass is 10.2. The molecule has 0 amide bonds. The zero-order valence-corrected chi connectivity index (χ0v) is 13.7. The van der Waals surface area contributed by atoms with Gasteiger partial charge in [0.15, 0.2) is 0 Å². The van der Waals surface area contributed by atoms with Crippen LogP contribution >= 0.6 is 22.9 Å². The van der Waals surface area contributed by atoms with E-state index >= 15 is 0 Å². The van der Waals surface area contributed by atoms with Crippen LogP contribution in [-0.4, -0.2) is 19.3 Å². The van der Waals surface area contributed by atoms with Crippen LogP contribution in [0, 0.1) is 11.3 Å². The van der Waals surface area contributed by atoms with Gasteiger partial charge in [0.25, 0.3) is 0 Å². The molecule has 21 heavy (non-hydrogen) atoms. The monoisotopic (exact) mass is 340 g/mol. The smallest absolute Gasteiger partial charge is 0.207 e. The van der Waals surface area contributed by atoms with Crippen LogP contribution in [0.5, 0.6) is 0 Å². The van der Waals surface area contributed by atoms with Crippen molar-refractivity contribution in [3.8, 4) is 6.07 Å². The third-order valence-electron chi connectivity index (χ3n) is 2.93. The lowest BCUT2D eigenvalue weighted by Crippen LogP contribution is -2.30. The molecule has 0 spiro atoms. The Bertz CT molecular complexity index is 761. The Morgan fingerprint density at radius 3 is 2.38 bits per heavy atom. The number of nitrogens with zero attached hydrogens (tertiary/aromatic N) is 2. The van der Waals surface area contributed by atoms with E-state index in [-0.39, 0.29) is 11.4 Å². The molecule has 0 atom stereocenters. The highest BCUT2D eigenvalue weighted by molar-refractivity contribution is 7.89. The maximum absolute atomic E-state index is 12.6. The highest BCUT2D eigenvalue weighted by atomic mass is 35.5. The van der Waals surface area contributed by atoms with Crippen molar-refractivity contribution in [1.29, 1.82) is 5.26 Å². The van der Waals surface area contributed by atoms with E-state index in [4.69, 9.17) is 16.9 Å². The van der Waals surface area contributed by atoms with Gasteiger partial charge in [-0.1, -0.05) is 18.5 Å². The number of rotatable bonds is 5. The first-order valence-electron chi connectivity index (χ1n) is 6.22. The molecule has 0 unspecified atom stereocenters. The number of hydrogen-bond acceptors (Lipinski definition) is 4. The van der Waals surface area contributed by atoms with Crippen molar-refractivity contribution in [2.24, 2.45) is 0 Å². The van der Waals surface area contributed by atoms with Crippen LogP contribution in [0.1, 0.15) is 17.4 Å². The molecule has 0 aliphatic heterocycles. The minimum Gasteiger partial charge on any atom is -0.207 e. The molecular formula is C14H13ClN2O2S2. The highest BCUT2D eigenvalue weighted by Crippen LogP contribution is 2.25. The van der Waals surface area contributed by atoms with Crippen molar-refractivity contribution in [2.45, 2.75) is 18.4 Å². The summed E-state index contributed by atoms with van der Waals surface area (Å²) in [6.45, 7) is 2.44. The summed E-state index contributed by atoms with van der Waals surface area (Å²) >= 11 is 7.24. The van der Waals surface area contributed by atoms with Gasteiger partial charge in [-0.15, -0.1) is 11.3 Å². The molecule has 110 valence electrons. The Morgan fingerprint density at radius 2 is 1.90 bits per heavy atom. The van der Waals surface area contributed by atoms with Crippen molar-refractivity contribution in [3.63, 3.8) is 0 Å². The zero-order chi connectivity index (χ0) is 15.5. The number of benzene rings is 1. The standard InChI is InChI=1S/C14H13ClN2O2S2/c1-2-17(10-12-5-8-14(15)20-12)21(18,19)13-6-3-11(9-16)4-7-13/h3-8H,2,10H2,1H3. The van der Waals surface area contributed by atoms with E-state index in [1.165, 1.54) is 39.9 Å². The Kier molecular flexibility index (Phi) is 5.01. The largest absolute Gasteiger partial charge is 0.243 e. The molecule has 2 rings (SSSR count). The molecule has 0 aliphatic rings. The van der Waals surface area contributed by atoms with Crippen LogP contribution in [0.15, 0.2) is 41.3 Å². The molecule has 0 bridgehead atoms. The Hall–Kier alpha value is -1.39. The first kappa shape index (κ1) is 16.0. The maximum Gasteiger partial charge on any atom is 0.243 e. The summed E-state index contributed by atoms with van der Waals surface area (Å²) in [4.78, 5) is 1.07. The molecule has 1 aromatic heterocycles. The van der Waals surface area contributed by atoms with Crippen LogP contribution in [0.25, 0.3) is 0 Å². The molecule has 0 N–H and O–H groups in total. The SMILES string of the molecule is CCN(Cc1ccc(Cl)s1)S(=O)(=O)c1ccc(C#N)cc1. The van der Waals surface area contributed by atoms with Crippen LogP contribution in [0.3, 0.4) is 0 Å². The Morgan fingerprint density at radius 1 is 1.24 bits per heavy atom. The van der Waals surface area contributed by atoms with Crippen molar-refractivity contribution in [2.75, 3.05) is 6.54 Å². The predicted molar refractivity (Wildman–Crippen MR) is 83.8 cm³/mol. The molecule has 0 fully saturated rings. The van der Waals surface area contributed by atoms with Gasteiger partial charge in [0, 0.05) is 18.0 Å². The van der Waals surface area contributed by atoms with Crippen LogP contribution in [0.2, 0.25) is 4.34 Å². The second-order valence-electron chi connectivity index (χ2n) is 4.27. The van der Waals surface area contributed by atoms with E-state index in [1.54, 1.807) is 13.0 Å². The average molecular weight is 341 g/mol. The van der Waals surface area contributed by atoms with Gasteiger partial charge < -0.3 is 0 Å². The number of nitriles is 1. The van der Waals surface area contributed by atoms with Gasteiger partial charge in [0.05, 0.1) is 20.9 Å². The van der Waals surface area contributed by atoms with E-state index in [9.17, 15) is 8.42 Å². The zero-order valence-electron chi connectivity index (χ0n) is 11.3. The van der Waals surface area contributed by atoms with Crippen LogP contribution in [-0.2, 0) is 16.6 Å². The maximum atomic E-state index is 12.6. The summed E-state index contributed by atoms with van der Waals surface area (Å²) in [5.74, 6) is 0. The minimum absolute atomic E-state index is 0.186. The first-order valence-corrected chi connectivity index (χ1v) is 8.85. The molecule has 7 heteroatoms. The molecule has 0 aliphatic carbocycles. The van der Waals surface area contributed by atoms with E-state index in [1.807, 2.05) is 12.1 Å². The summed E-state index contributed by atoms with van der Waals surface area (Å²) in [5, 5.41) is 8.76. The number of sulfonamides is 1. The topological polar surface area (TPSA) is 61.2 Å². The number of thiophene rings is 1. The quantitative estimate of drug-likeness (QED) is 0.837. The summed E-state index contributed by atoms with van der Waals surface area (Å²) in [6.07, 6.45) is 0. The molecule has 0 saturated heterocycles. The molecule has 0 radical (unpaired) electrons. The fourth-order valence-electron chi connectivity index (χ4n) is 1.83. The number of halogens is 1. The molecular weight excluding hydrogens is 328 g/mol. The lowest BCUT2D eigenvalue weighted by Gasteiger charge is -2.19. The van der Waals surface area contributed by atoms with Crippen molar-refractivity contribution >= 4 is 33.0 Å². The fraction of sp³-hybridized carbons (Fsp3) is 0.214. The van der Waals surface area contributed by atoms with Gasteiger partial charge >= 0.3 is 0 Å². The predicted octanol–water partition coefficient (Wildman–Crippen LogP) is 3.48. The Labute approximate surface area is 133 Å². The Balaban J connectivity index is 2.28. The van der Waals surface area contributed by atoms with Crippen molar-refractivity contribution in [3.05, 3.63) is 51.2 Å². The second kappa shape index (κ2) is 6.58. The second-order valence-corrected chi connectivity index (χ2v) is 8.01. The summed E-state index contributed by atoms with van der Waals surface area (Å²) in [6, 6.07) is 11.5. The van der Waals surface area contributed by atoms with Gasteiger partial charge in [-0.05, 0) is 36.4 Å². The van der Waals surface area contributed by atoms with E-state index in [0.29, 0.717) is 16.4 Å². The lowest BCUT2D eigenvalue weighted by molar-refractivity contribution is 0.426. The third kappa shape index (κ3) is 3.63. The van der Waals surface area contributed by atoms with Crippen LogP contribution in [0.4, 0.5) is 0 Å². The van der Waals surface area contributed by atoms with Gasteiger partial charge in [0.1, 0.15) is 0 Å². The van der Waals surface area contributed by atoms with E-state index in [2.05, 4.69) is 0 Å². The van der Waals surface area contributed by atoms with Gasteiger partial charge in [0.2, 0.25) is 10.0 Å². The van der Waals surface area contributed by atoms with E-state index < -0.39 is 10.0 Å². The molecule has 1 aromatic carbocycles. The third-order valence-corrected chi connectivity index (χ3v) is 6.09. The average Bonchev–Trinajstić information content (AvgIpc) is 2.90. The van der Waals surface area contributed by atoms with Gasteiger partial charge in [-0.3, -0.25) is 0 Å². The van der Waals surface area contributed by atoms with Gasteiger partial charge in [-0.25, -0.2) is 8.42 Å². The first-order chi connectivity index (χ1) is 9.97. The molecule has 0 saturated carbocycles. The molecule has 1 heterocycles. The van der Waals surface area contributed by atoms with Crippen molar-refractivity contribution < 1.29 is 8.42 Å². The number of hydrogen-bond donors (Lipinski definition) is 0. The van der Waals surface area contributed by atoms with Crippen LogP contribution < -0.4 is 0 Å².